The van der Waals surface area contributed by atoms with Gasteiger partial charge in [0.2, 0.25) is 0 Å². The lowest BCUT2D eigenvalue weighted by molar-refractivity contribution is -0.0805. The van der Waals surface area contributed by atoms with Gasteiger partial charge in [0.15, 0.2) is 0 Å². The van der Waals surface area contributed by atoms with Gasteiger partial charge in [0.05, 0.1) is 19.3 Å². The van der Waals surface area contributed by atoms with Crippen LogP contribution in [0.5, 0.6) is 0 Å². The third kappa shape index (κ3) is 2.59. The first-order valence-corrected chi connectivity index (χ1v) is 5.37. The van der Waals surface area contributed by atoms with Gasteiger partial charge in [0, 0.05) is 31.5 Å². The maximum atomic E-state index is 9.06. The van der Waals surface area contributed by atoms with Crippen molar-refractivity contribution in [1.29, 1.82) is 0 Å². The largest absolute Gasteiger partial charge is 0.394 e. The number of H-pyrrole nitrogens is 1. The highest BCUT2D eigenvalue weighted by molar-refractivity contribution is 5.08. The molecule has 1 aromatic heterocycles. The van der Waals surface area contributed by atoms with Crippen LogP contribution in [0.3, 0.4) is 0 Å². The SMILES string of the molecule is CC1COC(CO)CN1Cc1cc[nH]c1. The highest BCUT2D eigenvalue weighted by Crippen LogP contribution is 2.14. The number of morpholine rings is 1. The van der Waals surface area contributed by atoms with Crippen LogP contribution in [0, 0.1) is 0 Å². The molecule has 0 bridgehead atoms. The number of ether oxygens (including phenoxy) is 1. The Morgan fingerprint density at radius 3 is 3.20 bits per heavy atom. The van der Waals surface area contributed by atoms with Crippen LogP contribution in [0.4, 0.5) is 0 Å². The minimum Gasteiger partial charge on any atom is -0.394 e. The molecule has 4 nitrogen and oxygen atoms in total. The van der Waals surface area contributed by atoms with E-state index in [1.807, 2.05) is 12.4 Å². The summed E-state index contributed by atoms with van der Waals surface area (Å²) in [5.74, 6) is 0. The third-order valence-corrected chi connectivity index (χ3v) is 2.89. The number of nitrogens with one attached hydrogen (secondary N) is 1. The fourth-order valence-electron chi connectivity index (χ4n) is 1.90. The van der Waals surface area contributed by atoms with E-state index in [-0.39, 0.29) is 12.7 Å². The van der Waals surface area contributed by atoms with Gasteiger partial charge >= 0.3 is 0 Å². The van der Waals surface area contributed by atoms with Crippen LogP contribution in [-0.2, 0) is 11.3 Å². The quantitative estimate of drug-likeness (QED) is 0.768. The summed E-state index contributed by atoms with van der Waals surface area (Å²) in [4.78, 5) is 5.39. The topological polar surface area (TPSA) is 48.5 Å². The Balaban J connectivity index is 1.94. The first kappa shape index (κ1) is 10.7. The maximum absolute atomic E-state index is 9.06. The zero-order valence-corrected chi connectivity index (χ0v) is 9.02. The van der Waals surface area contributed by atoms with E-state index in [0.29, 0.717) is 12.6 Å². The van der Waals surface area contributed by atoms with Gasteiger partial charge in [-0.05, 0) is 18.6 Å². The normalized spacial score (nSPS) is 28.1. The molecule has 1 aliphatic heterocycles. The van der Waals surface area contributed by atoms with Crippen LogP contribution in [-0.4, -0.2) is 46.9 Å². The minimum atomic E-state index is -0.0276. The number of nitrogens with zero attached hydrogens (tertiary/aromatic N) is 1. The maximum Gasteiger partial charge on any atom is 0.0933 e. The summed E-state index contributed by atoms with van der Waals surface area (Å²) in [6, 6.07) is 2.50. The summed E-state index contributed by atoms with van der Waals surface area (Å²) in [5, 5.41) is 9.06. The molecule has 1 aromatic rings. The third-order valence-electron chi connectivity index (χ3n) is 2.89. The molecule has 0 radical (unpaired) electrons. The van der Waals surface area contributed by atoms with Gasteiger partial charge < -0.3 is 14.8 Å². The number of hydrogen-bond acceptors (Lipinski definition) is 3. The van der Waals surface area contributed by atoms with Gasteiger partial charge in [-0.15, -0.1) is 0 Å². The van der Waals surface area contributed by atoms with E-state index < -0.39 is 0 Å². The van der Waals surface area contributed by atoms with Gasteiger partial charge in [-0.1, -0.05) is 0 Å². The molecule has 2 N–H and O–H groups in total. The van der Waals surface area contributed by atoms with Crippen molar-refractivity contribution in [2.75, 3.05) is 19.8 Å². The Morgan fingerprint density at radius 1 is 1.67 bits per heavy atom. The molecule has 0 aromatic carbocycles. The van der Waals surface area contributed by atoms with E-state index in [1.54, 1.807) is 0 Å². The fraction of sp³-hybridized carbons (Fsp3) is 0.636. The van der Waals surface area contributed by atoms with Crippen molar-refractivity contribution >= 4 is 0 Å². The second kappa shape index (κ2) is 4.79. The molecule has 2 unspecified atom stereocenters. The van der Waals surface area contributed by atoms with Crippen molar-refractivity contribution in [3.63, 3.8) is 0 Å². The predicted octanol–water partition coefficient (Wildman–Crippen LogP) is 0.596. The van der Waals surface area contributed by atoms with Crippen LogP contribution in [0.25, 0.3) is 0 Å². The van der Waals surface area contributed by atoms with E-state index in [4.69, 9.17) is 9.84 Å². The Kier molecular flexibility index (Phi) is 3.41. The molecule has 2 atom stereocenters. The van der Waals surface area contributed by atoms with Gasteiger partial charge in [-0.3, -0.25) is 4.90 Å². The molecule has 0 spiro atoms. The highest BCUT2D eigenvalue weighted by Gasteiger charge is 2.25. The van der Waals surface area contributed by atoms with Gasteiger partial charge in [-0.2, -0.15) is 0 Å². The average molecular weight is 210 g/mol. The molecular weight excluding hydrogens is 192 g/mol. The molecule has 4 heteroatoms. The Labute approximate surface area is 89.9 Å². The van der Waals surface area contributed by atoms with Crippen molar-refractivity contribution in [2.45, 2.75) is 25.6 Å². The summed E-state index contributed by atoms with van der Waals surface area (Å²) < 4.78 is 5.49. The molecule has 0 saturated carbocycles. The lowest BCUT2D eigenvalue weighted by atomic mass is 10.2. The number of aliphatic hydroxyl groups is 1. The van der Waals surface area contributed by atoms with Gasteiger partial charge in [-0.25, -0.2) is 0 Å². The molecule has 1 saturated heterocycles. The smallest absolute Gasteiger partial charge is 0.0933 e. The first-order chi connectivity index (χ1) is 7.29. The van der Waals surface area contributed by atoms with E-state index >= 15 is 0 Å². The Bertz CT molecular complexity index is 287. The molecule has 0 amide bonds. The summed E-state index contributed by atoms with van der Waals surface area (Å²) in [6.07, 6.45) is 3.92. The molecule has 84 valence electrons. The predicted molar refractivity (Wildman–Crippen MR) is 57.5 cm³/mol. The number of aromatic nitrogens is 1. The molecule has 2 rings (SSSR count). The highest BCUT2D eigenvalue weighted by atomic mass is 16.5. The molecule has 2 heterocycles. The van der Waals surface area contributed by atoms with Crippen molar-refractivity contribution in [2.24, 2.45) is 0 Å². The van der Waals surface area contributed by atoms with Crippen molar-refractivity contribution in [1.82, 2.24) is 9.88 Å². The minimum absolute atomic E-state index is 0.0276. The van der Waals surface area contributed by atoms with Crippen molar-refractivity contribution in [3.8, 4) is 0 Å². The number of hydrogen-bond donors (Lipinski definition) is 2. The monoisotopic (exact) mass is 210 g/mol. The van der Waals surface area contributed by atoms with Crippen LogP contribution >= 0.6 is 0 Å². The number of rotatable bonds is 3. The van der Waals surface area contributed by atoms with Crippen LogP contribution in [0.15, 0.2) is 18.5 Å². The second-order valence-electron chi connectivity index (χ2n) is 4.14. The van der Waals surface area contributed by atoms with Crippen molar-refractivity contribution < 1.29 is 9.84 Å². The first-order valence-electron chi connectivity index (χ1n) is 5.37. The Morgan fingerprint density at radius 2 is 2.53 bits per heavy atom. The van der Waals surface area contributed by atoms with E-state index in [0.717, 1.165) is 13.1 Å². The molecule has 1 fully saturated rings. The van der Waals surface area contributed by atoms with E-state index in [9.17, 15) is 0 Å². The zero-order chi connectivity index (χ0) is 10.7. The summed E-state index contributed by atoms with van der Waals surface area (Å²) in [5.41, 5.74) is 1.28. The summed E-state index contributed by atoms with van der Waals surface area (Å²) in [6.45, 7) is 4.69. The lowest BCUT2D eigenvalue weighted by Crippen LogP contribution is -2.48. The molecular formula is C11H18N2O2. The zero-order valence-electron chi connectivity index (χ0n) is 9.02. The molecule has 1 aliphatic rings. The Hall–Kier alpha value is -0.840. The standard InChI is InChI=1S/C11H18N2O2/c1-9-8-15-11(7-14)6-13(9)5-10-2-3-12-4-10/h2-4,9,11-12,14H,5-8H2,1H3. The average Bonchev–Trinajstić information content (AvgIpc) is 2.74. The fourth-order valence-corrected chi connectivity index (χ4v) is 1.90. The van der Waals surface area contributed by atoms with Gasteiger partial charge in [0.25, 0.3) is 0 Å². The van der Waals surface area contributed by atoms with E-state index in [1.165, 1.54) is 5.56 Å². The molecule has 0 aliphatic carbocycles. The number of aromatic amines is 1. The van der Waals surface area contributed by atoms with Gasteiger partial charge in [0.1, 0.15) is 0 Å². The van der Waals surface area contributed by atoms with Crippen LogP contribution < -0.4 is 0 Å². The summed E-state index contributed by atoms with van der Waals surface area (Å²) in [7, 11) is 0. The van der Waals surface area contributed by atoms with Crippen LogP contribution in [0.1, 0.15) is 12.5 Å². The van der Waals surface area contributed by atoms with E-state index in [2.05, 4.69) is 22.9 Å². The lowest BCUT2D eigenvalue weighted by Gasteiger charge is -2.37. The van der Waals surface area contributed by atoms with Crippen LogP contribution in [0.2, 0.25) is 0 Å². The second-order valence-corrected chi connectivity index (χ2v) is 4.14. The number of aliphatic hydroxyl groups excluding tert-OH is 1. The van der Waals surface area contributed by atoms with Crippen molar-refractivity contribution in [3.05, 3.63) is 24.0 Å². The molecule has 15 heavy (non-hydrogen) atoms. The summed E-state index contributed by atoms with van der Waals surface area (Å²) >= 11 is 0.